The number of hydrogen-bond donors (Lipinski definition) is 1. The minimum atomic E-state index is -4.59. The van der Waals surface area contributed by atoms with E-state index in [-0.39, 0.29) is 16.8 Å². The van der Waals surface area contributed by atoms with E-state index in [1.54, 1.807) is 0 Å². The van der Waals surface area contributed by atoms with Crippen molar-refractivity contribution in [2.75, 3.05) is 14.2 Å². The smallest absolute Gasteiger partial charge is 0.416 e. The third-order valence-electron chi connectivity index (χ3n) is 4.76. The second-order valence-electron chi connectivity index (χ2n) is 6.78. The molecule has 0 aliphatic carbocycles. The van der Waals surface area contributed by atoms with E-state index in [1.165, 1.54) is 12.1 Å². The summed E-state index contributed by atoms with van der Waals surface area (Å²) in [6.45, 7) is 0. The highest BCUT2D eigenvalue weighted by molar-refractivity contribution is 5.97. The van der Waals surface area contributed by atoms with E-state index in [0.717, 1.165) is 38.5 Å². The highest BCUT2D eigenvalue weighted by Crippen LogP contribution is 2.30. The summed E-state index contributed by atoms with van der Waals surface area (Å²) in [5, 5.41) is 13.3. The van der Waals surface area contributed by atoms with Crippen molar-refractivity contribution in [3.05, 3.63) is 75.3 Å². The lowest BCUT2D eigenvalue weighted by atomic mass is 9.88. The van der Waals surface area contributed by atoms with Gasteiger partial charge < -0.3 is 14.8 Å². The molecular weight excluding hydrogens is 449 g/mol. The molecule has 0 heterocycles. The molecule has 0 saturated heterocycles. The lowest BCUT2D eigenvalue weighted by molar-refractivity contribution is -0.384. The molecule has 2 aromatic rings. The van der Waals surface area contributed by atoms with Gasteiger partial charge in [-0.2, -0.15) is 13.2 Å². The highest BCUT2D eigenvalue weighted by atomic mass is 19.4. The predicted molar refractivity (Wildman–Crippen MR) is 107 cm³/mol. The summed E-state index contributed by atoms with van der Waals surface area (Å²) >= 11 is 0. The van der Waals surface area contributed by atoms with Gasteiger partial charge in [0.2, 0.25) is 0 Å². The van der Waals surface area contributed by atoms with Crippen LogP contribution in [0.3, 0.4) is 0 Å². The summed E-state index contributed by atoms with van der Waals surface area (Å²) in [5.74, 6) is -3.63. The van der Waals surface area contributed by atoms with Crippen LogP contribution in [0, 0.1) is 10.1 Å². The number of nitro groups is 1. The van der Waals surface area contributed by atoms with Crippen LogP contribution >= 0.6 is 0 Å². The lowest BCUT2D eigenvalue weighted by Gasteiger charge is -2.26. The Balaban J connectivity index is 2.39. The fourth-order valence-corrected chi connectivity index (χ4v) is 3.02. The molecule has 0 unspecified atom stereocenters. The first-order chi connectivity index (χ1) is 15.5. The van der Waals surface area contributed by atoms with Crippen molar-refractivity contribution in [3.8, 4) is 0 Å². The molecule has 0 aromatic heterocycles. The van der Waals surface area contributed by atoms with Crippen LogP contribution in [0.25, 0.3) is 0 Å². The molecule has 176 valence electrons. The van der Waals surface area contributed by atoms with E-state index in [1.807, 2.05) is 0 Å². The van der Waals surface area contributed by atoms with E-state index >= 15 is 0 Å². The van der Waals surface area contributed by atoms with Crippen molar-refractivity contribution in [1.82, 2.24) is 5.32 Å². The van der Waals surface area contributed by atoms with E-state index in [4.69, 9.17) is 4.74 Å². The Kier molecular flexibility index (Phi) is 8.10. The predicted octanol–water partition coefficient (Wildman–Crippen LogP) is 3.23. The van der Waals surface area contributed by atoms with Crippen LogP contribution in [0.2, 0.25) is 0 Å². The normalized spacial score (nSPS) is 12.9. The molecule has 0 aliphatic heterocycles. The van der Waals surface area contributed by atoms with E-state index in [0.29, 0.717) is 12.1 Å². The summed E-state index contributed by atoms with van der Waals surface area (Å²) in [7, 11) is 2.16. The van der Waals surface area contributed by atoms with E-state index in [9.17, 15) is 37.7 Å². The zero-order chi connectivity index (χ0) is 24.8. The average Bonchev–Trinajstić information content (AvgIpc) is 2.80. The molecule has 12 heteroatoms. The van der Waals surface area contributed by atoms with Gasteiger partial charge in [-0.15, -0.1) is 0 Å². The number of nitro benzene ring substituents is 1. The summed E-state index contributed by atoms with van der Waals surface area (Å²) in [6, 6.07) is 6.79. The largest absolute Gasteiger partial charge is 0.469 e. The molecular formula is C21H19F3N2O7. The third-order valence-corrected chi connectivity index (χ3v) is 4.76. The standard InChI is InChI=1S/C21H19F3N2O7/c1-32-17(27)11-16(12-5-9-15(10-6-12)26(30)31)18(20(29)33-2)25-19(28)13-3-7-14(8-4-13)21(22,23)24/h3-10,16,18H,11H2,1-2H3,(H,25,28)/t16-,18+/m1/s1. The molecule has 0 aliphatic rings. The minimum Gasteiger partial charge on any atom is -0.469 e. The van der Waals surface area contributed by atoms with E-state index in [2.05, 4.69) is 10.1 Å². The van der Waals surface area contributed by atoms with Gasteiger partial charge in [0.25, 0.3) is 11.6 Å². The Labute approximate surface area is 185 Å². The molecule has 2 atom stereocenters. The topological polar surface area (TPSA) is 125 Å². The van der Waals surface area contributed by atoms with Crippen LogP contribution in [0.1, 0.15) is 33.8 Å². The Morgan fingerprint density at radius 2 is 1.58 bits per heavy atom. The maximum atomic E-state index is 12.8. The minimum absolute atomic E-state index is 0.169. The monoisotopic (exact) mass is 468 g/mol. The number of non-ortho nitro benzene ring substituents is 1. The average molecular weight is 468 g/mol. The van der Waals surface area contributed by atoms with Crippen LogP contribution in [0.4, 0.5) is 18.9 Å². The fraction of sp³-hybridized carbons (Fsp3) is 0.286. The van der Waals surface area contributed by atoms with E-state index < -0.39 is 52.9 Å². The maximum Gasteiger partial charge on any atom is 0.416 e. The quantitative estimate of drug-likeness (QED) is 0.358. The highest BCUT2D eigenvalue weighted by Gasteiger charge is 2.35. The maximum absolute atomic E-state index is 12.8. The number of nitrogens with zero attached hydrogens (tertiary/aromatic N) is 1. The molecule has 2 aromatic carbocycles. The first-order valence-electron chi connectivity index (χ1n) is 9.35. The molecule has 1 N–H and O–H groups in total. The number of methoxy groups -OCH3 is 2. The van der Waals surface area contributed by atoms with Crippen LogP contribution < -0.4 is 5.32 Å². The Morgan fingerprint density at radius 1 is 1.00 bits per heavy atom. The number of carbonyl (C=O) groups excluding carboxylic acids is 3. The van der Waals surface area contributed by atoms with Gasteiger partial charge in [0.1, 0.15) is 6.04 Å². The Hall–Kier alpha value is -3.96. The number of carbonyl (C=O) groups is 3. The molecule has 9 nitrogen and oxygen atoms in total. The second kappa shape index (κ2) is 10.6. The van der Waals surface area contributed by atoms with Crippen molar-refractivity contribution in [2.45, 2.75) is 24.6 Å². The van der Waals surface area contributed by atoms with Gasteiger partial charge in [-0.25, -0.2) is 4.79 Å². The molecule has 33 heavy (non-hydrogen) atoms. The van der Waals surface area contributed by atoms with Gasteiger partial charge in [0, 0.05) is 23.6 Å². The van der Waals surface area contributed by atoms with Crippen molar-refractivity contribution in [1.29, 1.82) is 0 Å². The number of esters is 2. The van der Waals surface area contributed by atoms with Gasteiger partial charge in [-0.05, 0) is 29.8 Å². The van der Waals surface area contributed by atoms with Crippen LogP contribution in [-0.4, -0.2) is 43.0 Å². The number of nitrogens with one attached hydrogen (secondary N) is 1. The fourth-order valence-electron chi connectivity index (χ4n) is 3.02. The van der Waals surface area contributed by atoms with Crippen LogP contribution in [-0.2, 0) is 25.2 Å². The van der Waals surface area contributed by atoms with Gasteiger partial charge in [-0.1, -0.05) is 12.1 Å². The first-order valence-corrected chi connectivity index (χ1v) is 9.35. The summed E-state index contributed by atoms with van der Waals surface area (Å²) < 4.78 is 47.7. The van der Waals surface area contributed by atoms with Gasteiger partial charge in [-0.3, -0.25) is 19.7 Å². The third kappa shape index (κ3) is 6.51. The zero-order valence-electron chi connectivity index (χ0n) is 17.4. The number of halogens is 3. The van der Waals surface area contributed by atoms with Gasteiger partial charge in [0.05, 0.1) is 31.1 Å². The number of alkyl halides is 3. The SMILES string of the molecule is COC(=O)C[C@H](c1ccc([N+](=O)[O-])cc1)[C@H](NC(=O)c1ccc(C(F)(F)F)cc1)C(=O)OC. The molecule has 0 bridgehead atoms. The summed E-state index contributed by atoms with van der Waals surface area (Å²) in [5.41, 5.74) is -1.08. The van der Waals surface area contributed by atoms with Crippen molar-refractivity contribution in [2.24, 2.45) is 0 Å². The molecule has 0 saturated carbocycles. The van der Waals surface area contributed by atoms with Crippen molar-refractivity contribution < 1.29 is 42.0 Å². The summed E-state index contributed by atoms with van der Waals surface area (Å²) in [6.07, 6.45) is -4.99. The summed E-state index contributed by atoms with van der Waals surface area (Å²) in [4.78, 5) is 47.4. The Morgan fingerprint density at radius 3 is 2.03 bits per heavy atom. The molecule has 1 amide bonds. The molecule has 0 radical (unpaired) electrons. The van der Waals surface area contributed by atoms with Gasteiger partial charge in [0.15, 0.2) is 0 Å². The second-order valence-corrected chi connectivity index (χ2v) is 6.78. The van der Waals surface area contributed by atoms with Crippen LogP contribution in [0.5, 0.6) is 0 Å². The molecule has 2 rings (SSSR count). The number of amides is 1. The molecule has 0 fully saturated rings. The number of rotatable bonds is 8. The van der Waals surface area contributed by atoms with Gasteiger partial charge >= 0.3 is 18.1 Å². The van der Waals surface area contributed by atoms with Crippen molar-refractivity contribution >= 4 is 23.5 Å². The molecule has 0 spiro atoms. The number of hydrogen-bond acceptors (Lipinski definition) is 7. The zero-order valence-corrected chi connectivity index (χ0v) is 17.4. The van der Waals surface area contributed by atoms with Crippen molar-refractivity contribution in [3.63, 3.8) is 0 Å². The first kappa shape index (κ1) is 25.3. The number of benzene rings is 2. The number of ether oxygens (including phenoxy) is 2. The lowest BCUT2D eigenvalue weighted by Crippen LogP contribution is -2.46. The Bertz CT molecular complexity index is 1020. The van der Waals surface area contributed by atoms with Crippen LogP contribution in [0.15, 0.2) is 48.5 Å².